The third-order valence-electron chi connectivity index (χ3n) is 4.12. The van der Waals surface area contributed by atoms with Gasteiger partial charge in [-0.05, 0) is 36.8 Å². The van der Waals surface area contributed by atoms with Gasteiger partial charge in [0, 0.05) is 11.5 Å². The minimum absolute atomic E-state index is 0.153. The zero-order chi connectivity index (χ0) is 19.0. The quantitative estimate of drug-likeness (QED) is 0.511. The van der Waals surface area contributed by atoms with Crippen molar-refractivity contribution in [2.75, 3.05) is 0 Å². The van der Waals surface area contributed by atoms with Crippen molar-refractivity contribution in [1.82, 2.24) is 25.4 Å². The number of aliphatic hydroxyl groups is 1. The van der Waals surface area contributed by atoms with E-state index in [0.717, 1.165) is 5.56 Å². The van der Waals surface area contributed by atoms with Crippen LogP contribution in [0.2, 0.25) is 0 Å². The second-order valence-corrected chi connectivity index (χ2v) is 6.09. The van der Waals surface area contributed by atoms with Gasteiger partial charge < -0.3 is 5.11 Å². The van der Waals surface area contributed by atoms with Gasteiger partial charge in [0.2, 0.25) is 0 Å². The summed E-state index contributed by atoms with van der Waals surface area (Å²) in [6.07, 6.45) is 2.71. The van der Waals surface area contributed by atoms with Crippen molar-refractivity contribution in [2.45, 2.75) is 13.0 Å². The monoisotopic (exact) mass is 367 g/mol. The highest BCUT2D eigenvalue weighted by molar-refractivity contribution is 5.92. The predicted octanol–water partition coefficient (Wildman–Crippen LogP) is 3.85. The van der Waals surface area contributed by atoms with Gasteiger partial charge in [-0.1, -0.05) is 18.2 Å². The van der Waals surface area contributed by atoms with Crippen LogP contribution < -0.4 is 0 Å². The van der Waals surface area contributed by atoms with Gasteiger partial charge in [-0.25, -0.2) is 13.8 Å². The summed E-state index contributed by atoms with van der Waals surface area (Å²) in [5, 5.41) is 23.8. The van der Waals surface area contributed by atoms with Gasteiger partial charge in [-0.3, -0.25) is 10.2 Å². The molecule has 0 spiro atoms. The molecule has 1 atom stereocenters. The lowest BCUT2D eigenvalue weighted by atomic mass is 10.1. The fourth-order valence-corrected chi connectivity index (χ4v) is 2.69. The molecule has 2 aromatic carbocycles. The highest BCUT2D eigenvalue weighted by atomic mass is 19.1. The molecule has 1 unspecified atom stereocenters. The van der Waals surface area contributed by atoms with Crippen molar-refractivity contribution < 1.29 is 13.9 Å². The second-order valence-electron chi connectivity index (χ2n) is 6.09. The van der Waals surface area contributed by atoms with E-state index in [9.17, 15) is 13.9 Å². The van der Waals surface area contributed by atoms with E-state index in [0.29, 0.717) is 16.6 Å². The zero-order valence-electron chi connectivity index (χ0n) is 14.2. The van der Waals surface area contributed by atoms with Crippen LogP contribution >= 0.6 is 0 Å². The van der Waals surface area contributed by atoms with E-state index in [4.69, 9.17) is 0 Å². The molecule has 0 aliphatic heterocycles. The fraction of sp³-hybridized carbons (Fsp3) is 0.105. The number of nitrogens with zero attached hydrogens (tertiary/aromatic N) is 3. The van der Waals surface area contributed by atoms with Crippen LogP contribution in [0, 0.1) is 11.6 Å². The molecular weight excluding hydrogens is 352 g/mol. The third-order valence-corrected chi connectivity index (χ3v) is 4.12. The number of fused-ring (bicyclic) bond motifs is 1. The normalized spacial score (nSPS) is 12.9. The van der Waals surface area contributed by atoms with Gasteiger partial charge in [0.05, 0.1) is 16.8 Å². The lowest BCUT2D eigenvalue weighted by Gasteiger charge is -2.00. The van der Waals surface area contributed by atoms with Crippen molar-refractivity contribution in [3.05, 3.63) is 65.1 Å². The largest absolute Gasteiger partial charge is 0.385 e. The van der Waals surface area contributed by atoms with Crippen molar-refractivity contribution >= 4 is 23.1 Å². The van der Waals surface area contributed by atoms with Crippen LogP contribution in [0.5, 0.6) is 0 Å². The summed E-state index contributed by atoms with van der Waals surface area (Å²) in [4.78, 5) is 4.12. The smallest absolute Gasteiger partial charge is 0.184 e. The van der Waals surface area contributed by atoms with E-state index in [2.05, 4.69) is 25.4 Å². The molecule has 4 aromatic rings. The van der Waals surface area contributed by atoms with E-state index >= 15 is 0 Å². The summed E-state index contributed by atoms with van der Waals surface area (Å²) in [7, 11) is 0. The Labute approximate surface area is 152 Å². The van der Waals surface area contributed by atoms with Crippen LogP contribution in [0.4, 0.5) is 8.78 Å². The van der Waals surface area contributed by atoms with Gasteiger partial charge in [-0.2, -0.15) is 10.2 Å². The molecule has 2 heterocycles. The molecule has 27 heavy (non-hydrogen) atoms. The molecule has 0 fully saturated rings. The van der Waals surface area contributed by atoms with Crippen molar-refractivity contribution in [1.29, 1.82) is 0 Å². The molecule has 0 saturated heterocycles. The minimum Gasteiger partial charge on any atom is -0.385 e. The number of halogens is 2. The Morgan fingerprint density at radius 2 is 1.81 bits per heavy atom. The molecule has 0 aliphatic rings. The third kappa shape index (κ3) is 3.34. The maximum absolute atomic E-state index is 14.5. The molecule has 0 aliphatic carbocycles. The number of nitrogens with one attached hydrogen (secondary N) is 2. The van der Waals surface area contributed by atoms with Crippen molar-refractivity contribution in [3.8, 4) is 11.4 Å². The van der Waals surface area contributed by atoms with E-state index in [1.54, 1.807) is 30.4 Å². The molecule has 0 radical (unpaired) electrons. The highest BCUT2D eigenvalue weighted by Gasteiger charge is 2.16. The lowest BCUT2D eigenvalue weighted by Crippen LogP contribution is -1.93. The first-order valence-corrected chi connectivity index (χ1v) is 8.23. The Bertz CT molecular complexity index is 1130. The van der Waals surface area contributed by atoms with Crippen LogP contribution in [0.3, 0.4) is 0 Å². The SMILES string of the molecule is CC(O)c1nc(-c2cc3c(/C=C/c4ccc(F)cc4)n[nH]c3cc2F)n[nH]1. The van der Waals surface area contributed by atoms with E-state index in [1.807, 2.05) is 0 Å². The molecule has 0 bridgehead atoms. The number of aromatic amines is 2. The number of benzene rings is 2. The average molecular weight is 367 g/mol. The summed E-state index contributed by atoms with van der Waals surface area (Å²) < 4.78 is 27.5. The predicted molar refractivity (Wildman–Crippen MR) is 97.4 cm³/mol. The molecule has 136 valence electrons. The molecular formula is C19H15F2N5O. The maximum atomic E-state index is 14.5. The number of H-pyrrole nitrogens is 2. The van der Waals surface area contributed by atoms with Crippen molar-refractivity contribution in [3.63, 3.8) is 0 Å². The molecule has 0 saturated carbocycles. The van der Waals surface area contributed by atoms with Crippen LogP contribution in [-0.2, 0) is 0 Å². The first-order chi connectivity index (χ1) is 13.0. The number of aromatic nitrogens is 5. The number of rotatable bonds is 4. The Morgan fingerprint density at radius 1 is 1.04 bits per heavy atom. The van der Waals surface area contributed by atoms with E-state index in [1.165, 1.54) is 25.1 Å². The Morgan fingerprint density at radius 3 is 2.52 bits per heavy atom. The average Bonchev–Trinajstić information content (AvgIpc) is 3.27. The van der Waals surface area contributed by atoms with Gasteiger partial charge >= 0.3 is 0 Å². The van der Waals surface area contributed by atoms with Crippen LogP contribution in [0.25, 0.3) is 34.4 Å². The van der Waals surface area contributed by atoms with Gasteiger partial charge in [-0.15, -0.1) is 0 Å². The summed E-state index contributed by atoms with van der Waals surface area (Å²) in [6.45, 7) is 1.54. The summed E-state index contributed by atoms with van der Waals surface area (Å²) in [5.74, 6) is -0.398. The first kappa shape index (κ1) is 17.0. The number of hydrogen-bond acceptors (Lipinski definition) is 4. The van der Waals surface area contributed by atoms with Gasteiger partial charge in [0.1, 0.15) is 17.7 Å². The van der Waals surface area contributed by atoms with Crippen LogP contribution in [-0.4, -0.2) is 30.5 Å². The lowest BCUT2D eigenvalue weighted by molar-refractivity contribution is 0.189. The standard InChI is InChI=1S/C19H15F2N5O/c1-10(27)18-22-19(26-25-18)13-8-14-16(23-24-17(14)9-15(13)21)7-4-11-2-5-12(20)6-3-11/h2-10,27H,1H3,(H,23,24)(H,22,25,26)/b7-4+. The molecule has 3 N–H and O–H groups in total. The van der Waals surface area contributed by atoms with E-state index < -0.39 is 11.9 Å². The molecule has 2 aromatic heterocycles. The summed E-state index contributed by atoms with van der Waals surface area (Å²) in [6, 6.07) is 8.98. The molecule has 0 amide bonds. The van der Waals surface area contributed by atoms with Crippen molar-refractivity contribution in [2.24, 2.45) is 0 Å². The molecule has 4 rings (SSSR count). The summed E-state index contributed by atoms with van der Waals surface area (Å²) >= 11 is 0. The van der Waals surface area contributed by atoms with Gasteiger partial charge in [0.15, 0.2) is 11.6 Å². The van der Waals surface area contributed by atoms with Crippen LogP contribution in [0.15, 0.2) is 36.4 Å². The molecule has 8 heteroatoms. The van der Waals surface area contributed by atoms with Gasteiger partial charge in [0.25, 0.3) is 0 Å². The number of hydrogen-bond donors (Lipinski definition) is 3. The molecule has 6 nitrogen and oxygen atoms in total. The topological polar surface area (TPSA) is 90.5 Å². The Hall–Kier alpha value is -3.39. The maximum Gasteiger partial charge on any atom is 0.184 e. The van der Waals surface area contributed by atoms with E-state index in [-0.39, 0.29) is 23.0 Å². The minimum atomic E-state index is -0.832. The Kier molecular flexibility index (Phi) is 4.25. The van der Waals surface area contributed by atoms with Crippen LogP contribution in [0.1, 0.15) is 30.1 Å². The highest BCUT2D eigenvalue weighted by Crippen LogP contribution is 2.28. The Balaban J connectivity index is 1.73. The first-order valence-electron chi connectivity index (χ1n) is 8.23. The second kappa shape index (κ2) is 6.73. The fourth-order valence-electron chi connectivity index (χ4n) is 2.69. The number of aliphatic hydroxyl groups excluding tert-OH is 1. The zero-order valence-corrected chi connectivity index (χ0v) is 14.2. The summed E-state index contributed by atoms with van der Waals surface area (Å²) in [5.41, 5.74) is 2.14.